The first-order valence-corrected chi connectivity index (χ1v) is 12.9. The summed E-state index contributed by atoms with van der Waals surface area (Å²) in [5.74, 6) is -0.163. The van der Waals surface area contributed by atoms with Gasteiger partial charge in [-0.25, -0.2) is 0 Å². The van der Waals surface area contributed by atoms with Gasteiger partial charge in [-0.2, -0.15) is 0 Å². The second kappa shape index (κ2) is 12.1. The molecule has 0 bridgehead atoms. The molecule has 5 N–H and O–H groups in total. The highest BCUT2D eigenvalue weighted by Gasteiger charge is 2.26. The Morgan fingerprint density at radius 2 is 1.90 bits per heavy atom. The normalized spacial score (nSPS) is 12.7. The van der Waals surface area contributed by atoms with Crippen molar-refractivity contribution in [2.45, 2.75) is 39.0 Å². The van der Waals surface area contributed by atoms with E-state index in [1.54, 1.807) is 31.3 Å². The number of nitrogens with one attached hydrogen (secondary N) is 2. The Hall–Kier alpha value is -4.14. The number of benzene rings is 3. The van der Waals surface area contributed by atoms with Crippen LogP contribution in [0.5, 0.6) is 0 Å². The Kier molecular flexibility index (Phi) is 8.69. The zero-order valence-electron chi connectivity index (χ0n) is 22.8. The third-order valence-electron chi connectivity index (χ3n) is 7.08. The number of H-pyrrole nitrogens is 1. The number of nitrogens with zero attached hydrogens (tertiary/aromatic N) is 1. The lowest BCUT2D eigenvalue weighted by molar-refractivity contribution is -0.131. The monoisotopic (exact) mass is 528 g/mol. The van der Waals surface area contributed by atoms with E-state index in [4.69, 9.17) is 10.5 Å². The number of aryl methyl sites for hydroxylation is 1. The maximum Gasteiger partial charge on any atom is 0.255 e. The van der Waals surface area contributed by atoms with Crippen LogP contribution in [-0.2, 0) is 22.7 Å². The lowest BCUT2D eigenvalue weighted by atomic mass is 9.93. The predicted molar refractivity (Wildman–Crippen MR) is 156 cm³/mol. The van der Waals surface area contributed by atoms with Crippen molar-refractivity contribution in [2.24, 2.45) is 0 Å². The standard InChI is InChI=1S/C31H36N4O4/c1-19-13-22(7-10-27(19)20(2)17-36)29(34-26-9-6-21-11-12-33-30(37)28(21)15-26)31(38)35(3)16-24-14-25(32)8-5-23(24)18-39-4/h5-15,20,29,34,36H,16-18,32H2,1-4H3,(H,33,37)/t20-,29?/m0/s1. The molecule has 1 amide bonds. The summed E-state index contributed by atoms with van der Waals surface area (Å²) >= 11 is 0. The van der Waals surface area contributed by atoms with Gasteiger partial charge in [-0.3, -0.25) is 9.59 Å². The third-order valence-corrected chi connectivity index (χ3v) is 7.08. The quantitative estimate of drug-likeness (QED) is 0.225. The van der Waals surface area contributed by atoms with Crippen LogP contribution in [0.3, 0.4) is 0 Å². The molecule has 0 radical (unpaired) electrons. The molecule has 0 spiro atoms. The van der Waals surface area contributed by atoms with E-state index in [-0.39, 0.29) is 24.0 Å². The molecule has 1 heterocycles. The Labute approximate surface area is 228 Å². The average molecular weight is 529 g/mol. The highest BCUT2D eigenvalue weighted by Crippen LogP contribution is 2.28. The first-order valence-electron chi connectivity index (χ1n) is 12.9. The zero-order chi connectivity index (χ0) is 28.1. The molecule has 204 valence electrons. The van der Waals surface area contributed by atoms with E-state index in [0.717, 1.165) is 33.2 Å². The van der Waals surface area contributed by atoms with Gasteiger partial charge in [-0.15, -0.1) is 0 Å². The smallest absolute Gasteiger partial charge is 0.255 e. The summed E-state index contributed by atoms with van der Waals surface area (Å²) in [6.07, 6.45) is 1.62. The molecule has 1 aromatic heterocycles. The first-order chi connectivity index (χ1) is 18.7. The second-order valence-electron chi connectivity index (χ2n) is 10.0. The van der Waals surface area contributed by atoms with E-state index in [0.29, 0.717) is 29.9 Å². The fourth-order valence-corrected chi connectivity index (χ4v) is 4.90. The van der Waals surface area contributed by atoms with Crippen molar-refractivity contribution in [3.05, 3.63) is 105 Å². The van der Waals surface area contributed by atoms with E-state index >= 15 is 0 Å². The van der Waals surface area contributed by atoms with Crippen molar-refractivity contribution in [3.63, 3.8) is 0 Å². The van der Waals surface area contributed by atoms with E-state index in [9.17, 15) is 14.7 Å². The molecule has 0 aliphatic heterocycles. The molecule has 3 aromatic carbocycles. The van der Waals surface area contributed by atoms with Gasteiger partial charge < -0.3 is 30.8 Å². The van der Waals surface area contributed by atoms with Crippen molar-refractivity contribution in [1.82, 2.24) is 9.88 Å². The Morgan fingerprint density at radius 1 is 1.10 bits per heavy atom. The molecule has 0 fully saturated rings. The van der Waals surface area contributed by atoms with Crippen molar-refractivity contribution in [1.29, 1.82) is 0 Å². The fraction of sp³-hybridized carbons (Fsp3) is 0.290. The number of aromatic nitrogens is 1. The fourth-order valence-electron chi connectivity index (χ4n) is 4.90. The number of methoxy groups -OCH3 is 1. The number of carbonyl (C=O) groups excluding carboxylic acids is 1. The average Bonchev–Trinajstić information content (AvgIpc) is 2.92. The van der Waals surface area contributed by atoms with Crippen molar-refractivity contribution >= 4 is 28.1 Å². The number of pyridine rings is 1. The number of rotatable bonds is 10. The molecular weight excluding hydrogens is 492 g/mol. The zero-order valence-corrected chi connectivity index (χ0v) is 22.8. The highest BCUT2D eigenvalue weighted by atomic mass is 16.5. The van der Waals surface area contributed by atoms with Crippen LogP contribution >= 0.6 is 0 Å². The van der Waals surface area contributed by atoms with Gasteiger partial charge in [-0.05, 0) is 70.5 Å². The maximum absolute atomic E-state index is 14.0. The molecule has 39 heavy (non-hydrogen) atoms. The second-order valence-corrected chi connectivity index (χ2v) is 10.0. The molecule has 8 nitrogen and oxygen atoms in total. The van der Waals surface area contributed by atoms with Crippen LogP contribution in [0.1, 0.15) is 46.7 Å². The number of aliphatic hydroxyl groups excluding tert-OH is 1. The molecular formula is C31H36N4O4. The number of ether oxygens (including phenoxy) is 1. The first kappa shape index (κ1) is 27.9. The van der Waals surface area contributed by atoms with Gasteiger partial charge >= 0.3 is 0 Å². The van der Waals surface area contributed by atoms with Gasteiger partial charge in [0.25, 0.3) is 5.56 Å². The number of carbonyl (C=O) groups is 1. The van der Waals surface area contributed by atoms with Crippen LogP contribution in [0, 0.1) is 6.92 Å². The maximum atomic E-state index is 14.0. The summed E-state index contributed by atoms with van der Waals surface area (Å²) < 4.78 is 5.34. The molecule has 8 heteroatoms. The van der Waals surface area contributed by atoms with Crippen molar-refractivity contribution in [2.75, 3.05) is 31.8 Å². The number of aliphatic hydroxyl groups is 1. The minimum atomic E-state index is -0.723. The molecule has 4 aromatic rings. The predicted octanol–water partition coefficient (Wildman–Crippen LogP) is 4.47. The SMILES string of the molecule is COCc1ccc(N)cc1CN(C)C(=O)C(Nc1ccc2cc[nH]c(=O)c2c1)c1ccc([C@@H](C)CO)c(C)c1. The molecule has 2 atom stereocenters. The minimum Gasteiger partial charge on any atom is -0.399 e. The topological polar surface area (TPSA) is 121 Å². The van der Waals surface area contributed by atoms with Crippen molar-refractivity contribution in [3.8, 4) is 0 Å². The van der Waals surface area contributed by atoms with Crippen LogP contribution in [0.2, 0.25) is 0 Å². The summed E-state index contributed by atoms with van der Waals surface area (Å²) in [5, 5.41) is 14.4. The van der Waals surface area contributed by atoms with Gasteiger partial charge in [-0.1, -0.05) is 37.3 Å². The molecule has 0 aliphatic carbocycles. The van der Waals surface area contributed by atoms with Gasteiger partial charge in [0.1, 0.15) is 6.04 Å². The lowest BCUT2D eigenvalue weighted by Crippen LogP contribution is -2.35. The third kappa shape index (κ3) is 6.30. The van der Waals surface area contributed by atoms with E-state index in [1.165, 1.54) is 0 Å². The number of hydrogen-bond donors (Lipinski definition) is 4. The van der Waals surface area contributed by atoms with Crippen LogP contribution in [-0.4, -0.2) is 41.7 Å². The van der Waals surface area contributed by atoms with Crippen LogP contribution in [0.25, 0.3) is 10.8 Å². The molecule has 0 aliphatic rings. The van der Waals surface area contributed by atoms with Crippen molar-refractivity contribution < 1.29 is 14.6 Å². The Bertz CT molecular complexity index is 1530. The highest BCUT2D eigenvalue weighted by molar-refractivity contribution is 5.89. The number of likely N-dealkylation sites (N-methyl/N-ethyl adjacent to an activating group) is 1. The number of hydrogen-bond acceptors (Lipinski definition) is 6. The number of fused-ring (bicyclic) bond motifs is 1. The van der Waals surface area contributed by atoms with Crippen LogP contribution in [0.15, 0.2) is 71.7 Å². The number of anilines is 2. The summed E-state index contributed by atoms with van der Waals surface area (Å²) in [5.41, 5.74) is 11.8. The lowest BCUT2D eigenvalue weighted by Gasteiger charge is -2.27. The number of aromatic amines is 1. The number of nitrogens with two attached hydrogens (primary N) is 1. The van der Waals surface area contributed by atoms with E-state index in [2.05, 4.69) is 10.3 Å². The number of nitrogen functional groups attached to an aromatic ring is 1. The Balaban J connectivity index is 1.71. The summed E-state index contributed by atoms with van der Waals surface area (Å²) in [7, 11) is 3.39. The Morgan fingerprint density at radius 3 is 2.62 bits per heavy atom. The molecule has 0 saturated carbocycles. The van der Waals surface area contributed by atoms with Crippen LogP contribution in [0.4, 0.5) is 11.4 Å². The molecule has 1 unspecified atom stereocenters. The van der Waals surface area contributed by atoms with Gasteiger partial charge in [0, 0.05) is 56.2 Å². The van der Waals surface area contributed by atoms with Crippen LogP contribution < -0.4 is 16.6 Å². The van der Waals surface area contributed by atoms with Gasteiger partial charge in [0.05, 0.1) is 6.61 Å². The summed E-state index contributed by atoms with van der Waals surface area (Å²) in [6.45, 7) is 4.74. The van der Waals surface area contributed by atoms with Gasteiger partial charge in [0.15, 0.2) is 0 Å². The van der Waals surface area contributed by atoms with E-state index < -0.39 is 6.04 Å². The summed E-state index contributed by atoms with van der Waals surface area (Å²) in [4.78, 5) is 30.8. The minimum absolute atomic E-state index is 0.0150. The molecule has 0 saturated heterocycles. The van der Waals surface area contributed by atoms with E-state index in [1.807, 2.05) is 68.4 Å². The summed E-state index contributed by atoms with van der Waals surface area (Å²) in [6, 6.07) is 18.1. The largest absolute Gasteiger partial charge is 0.399 e. The molecule has 4 rings (SSSR count). The number of amides is 1. The van der Waals surface area contributed by atoms with Gasteiger partial charge in [0.2, 0.25) is 5.91 Å².